The summed E-state index contributed by atoms with van der Waals surface area (Å²) in [5, 5.41) is 8.62. The fourth-order valence-electron chi connectivity index (χ4n) is 12.5. The number of imide groups is 2. The number of carbonyl (C=O) groups excluding carboxylic acids is 6. The highest BCUT2D eigenvalue weighted by molar-refractivity contribution is 6.45. The molecule has 0 aromatic heterocycles. The number of amides is 4. The molecule has 9 aromatic carbocycles. The lowest BCUT2D eigenvalue weighted by atomic mass is 9.80. The van der Waals surface area contributed by atoms with Crippen LogP contribution < -0.4 is 29.6 Å². The number of hydrogen-bond acceptors (Lipinski definition) is 16. The van der Waals surface area contributed by atoms with Gasteiger partial charge >= 0.3 is 11.9 Å². The number of fused-ring (bicyclic) bond motifs is 2. The molecule has 4 heterocycles. The number of benzene rings is 9. The van der Waals surface area contributed by atoms with Gasteiger partial charge in [0, 0.05) is 69.3 Å². The number of ether oxygens (including phenoxy) is 8. The van der Waals surface area contributed by atoms with E-state index in [0.29, 0.717) is 94.7 Å². The molecular formula is C78H80N4O14. The quantitative estimate of drug-likeness (QED) is 0.0161. The van der Waals surface area contributed by atoms with E-state index in [9.17, 15) is 9.59 Å². The van der Waals surface area contributed by atoms with Gasteiger partial charge in [-0.3, -0.25) is 38.6 Å². The molecule has 0 saturated carbocycles. The van der Waals surface area contributed by atoms with Crippen LogP contribution in [0.5, 0.6) is 46.0 Å². The second-order valence-corrected chi connectivity index (χ2v) is 29.3. The van der Waals surface area contributed by atoms with E-state index in [0.717, 1.165) is 32.1 Å². The summed E-state index contributed by atoms with van der Waals surface area (Å²) < 4.78 is 50.7. The second kappa shape index (κ2) is 24.9. The number of hydrogen-bond donors (Lipinski definition) is 2. The Morgan fingerprint density at radius 3 is 0.844 bits per heavy atom. The summed E-state index contributed by atoms with van der Waals surface area (Å²) in [6.45, 7) is 26.9. The van der Waals surface area contributed by atoms with Gasteiger partial charge in [0.05, 0.1) is 47.7 Å². The molecule has 496 valence electrons. The number of nitrogens with zero attached hydrogens (tertiary/aromatic N) is 2. The van der Waals surface area contributed by atoms with Crippen molar-refractivity contribution in [1.29, 1.82) is 0 Å². The Labute approximate surface area is 557 Å². The highest BCUT2D eigenvalue weighted by Gasteiger charge is 2.43. The standard InChI is InChI=1S/C78H80N4O14/c1-75(2,3)43-13-21-47(22-14-43)93-57-33-53-63-54(72(86)81(71(53)85)39-61(83)89-31-29-79-37-51-41-91-51)35-59(95-49-25-17-45(18-26-49)77(7,8)9)67-68-60(96-50-27-19-46(20-28-50)78(10,11)12)36-56-64-55(73(87)82(74(56)88)40-62(84)90-32-30-80-38-52-42-92-52)34-58(66(70(64)68)65(57)69(63)67)94-48-23-15-44(16-24-48)76(4,5)6/h13-28,33-36,51-52,79-80H,29-32,37-42H2,1-12H3. The smallest absolute Gasteiger partial charge is 0.326 e. The lowest BCUT2D eigenvalue weighted by Gasteiger charge is -2.32. The molecule has 0 radical (unpaired) electrons. The normalized spacial score (nSPS) is 16.3. The van der Waals surface area contributed by atoms with E-state index in [1.165, 1.54) is 0 Å². The molecule has 9 aromatic rings. The zero-order valence-corrected chi connectivity index (χ0v) is 56.4. The van der Waals surface area contributed by atoms with Gasteiger partial charge in [0.25, 0.3) is 23.6 Å². The number of epoxide rings is 2. The molecule has 0 aliphatic carbocycles. The molecule has 2 unspecified atom stereocenters. The van der Waals surface area contributed by atoms with Crippen LogP contribution in [0.3, 0.4) is 0 Å². The molecule has 4 aliphatic rings. The zero-order chi connectivity index (χ0) is 67.9. The van der Waals surface area contributed by atoms with Crippen LogP contribution in [0.25, 0.3) is 43.1 Å². The fraction of sp³-hybridized carbons (Fsp3) is 0.359. The molecule has 4 aliphatic heterocycles. The number of nitrogens with one attached hydrogen (secondary N) is 2. The molecule has 2 saturated heterocycles. The van der Waals surface area contributed by atoms with Crippen LogP contribution in [0, 0.1) is 0 Å². The average molecular weight is 1300 g/mol. The highest BCUT2D eigenvalue weighted by atomic mass is 16.6. The van der Waals surface area contributed by atoms with Gasteiger partial charge in [-0.1, -0.05) is 132 Å². The molecule has 18 heteroatoms. The molecule has 0 spiro atoms. The summed E-state index contributed by atoms with van der Waals surface area (Å²) in [6.07, 6.45) is 0.209. The van der Waals surface area contributed by atoms with Crippen molar-refractivity contribution in [3.05, 3.63) is 166 Å². The number of rotatable bonds is 22. The molecule has 2 fully saturated rings. The SMILES string of the molecule is CC(C)(C)c1ccc(Oc2cc3c4c(cc(Oc5ccc(C(C)(C)C)cc5)c5c6c(Oc7ccc(C(C)(C)C)cc7)cc7c8c(cc(Oc9ccc(C(C)(C)C)cc9)c(c2c45)c86)C(=O)N(CC(=O)OCCNCC2CO2)C7=O)C(=O)N(CC(=O)OCCNCC2CO2)C3=O)cc1. The fourth-order valence-corrected chi connectivity index (χ4v) is 12.5. The first-order valence-electron chi connectivity index (χ1n) is 32.8. The van der Waals surface area contributed by atoms with E-state index < -0.39 is 48.7 Å². The summed E-state index contributed by atoms with van der Waals surface area (Å²) in [6, 6.07) is 36.7. The number of carbonyl (C=O) groups is 6. The summed E-state index contributed by atoms with van der Waals surface area (Å²) >= 11 is 0. The Balaban J connectivity index is 1.12. The van der Waals surface area contributed by atoms with Gasteiger partial charge in [0.2, 0.25) is 0 Å². The Kier molecular flexibility index (Phi) is 16.9. The van der Waals surface area contributed by atoms with Crippen molar-refractivity contribution >= 4 is 78.7 Å². The van der Waals surface area contributed by atoms with Crippen LogP contribution in [0.15, 0.2) is 121 Å². The topological polar surface area (TPSA) is 213 Å². The minimum atomic E-state index is -0.809. The molecule has 18 nitrogen and oxygen atoms in total. The zero-order valence-electron chi connectivity index (χ0n) is 56.4. The maximum Gasteiger partial charge on any atom is 0.326 e. The monoisotopic (exact) mass is 1300 g/mol. The molecule has 13 rings (SSSR count). The van der Waals surface area contributed by atoms with E-state index >= 15 is 19.2 Å². The van der Waals surface area contributed by atoms with Crippen molar-refractivity contribution in [1.82, 2.24) is 20.4 Å². The van der Waals surface area contributed by atoms with Crippen LogP contribution >= 0.6 is 0 Å². The number of esters is 2. The minimum absolute atomic E-state index is 0.0148. The summed E-state index contributed by atoms with van der Waals surface area (Å²) in [7, 11) is 0. The van der Waals surface area contributed by atoms with E-state index in [1.807, 2.05) is 97.1 Å². The van der Waals surface area contributed by atoms with E-state index in [-0.39, 0.29) is 103 Å². The lowest BCUT2D eigenvalue weighted by Crippen LogP contribution is -2.44. The average Bonchev–Trinajstić information content (AvgIpc) is 0.990. The highest BCUT2D eigenvalue weighted by Crippen LogP contribution is 2.58. The second-order valence-electron chi connectivity index (χ2n) is 29.3. The molecule has 96 heavy (non-hydrogen) atoms. The summed E-state index contributed by atoms with van der Waals surface area (Å²) in [4.78, 5) is 92.3. The molecule has 0 bridgehead atoms. The van der Waals surface area contributed by atoms with Crippen molar-refractivity contribution in [2.45, 2.75) is 117 Å². The van der Waals surface area contributed by atoms with Crippen molar-refractivity contribution in [3.63, 3.8) is 0 Å². The largest absolute Gasteiger partial charge is 0.463 e. The third-order valence-corrected chi connectivity index (χ3v) is 18.1. The third kappa shape index (κ3) is 13.1. The first-order chi connectivity index (χ1) is 45.6. The maximum absolute atomic E-state index is 15.7. The van der Waals surface area contributed by atoms with Crippen molar-refractivity contribution < 1.29 is 66.7 Å². The van der Waals surface area contributed by atoms with Gasteiger partial charge in [0.15, 0.2) is 0 Å². The Morgan fingerprint density at radius 1 is 0.385 bits per heavy atom. The van der Waals surface area contributed by atoms with E-state index in [2.05, 4.69) is 93.7 Å². The van der Waals surface area contributed by atoms with Crippen LogP contribution in [-0.4, -0.2) is 123 Å². The Bertz CT molecular complexity index is 4040. The first kappa shape index (κ1) is 65.2. The Hall–Kier alpha value is -9.46. The third-order valence-electron chi connectivity index (χ3n) is 18.1. The summed E-state index contributed by atoms with van der Waals surface area (Å²) in [5.41, 5.74) is 3.19. The van der Waals surface area contributed by atoms with Gasteiger partial charge < -0.3 is 48.5 Å². The van der Waals surface area contributed by atoms with Crippen LogP contribution in [0.4, 0.5) is 0 Å². The predicted octanol–water partition coefficient (Wildman–Crippen LogP) is 14.4. The molecular weight excluding hydrogens is 1220 g/mol. The molecule has 2 N–H and O–H groups in total. The summed E-state index contributed by atoms with van der Waals surface area (Å²) in [5.74, 6) is -2.91. The van der Waals surface area contributed by atoms with Crippen molar-refractivity contribution in [2.24, 2.45) is 0 Å². The van der Waals surface area contributed by atoms with Gasteiger partial charge in [-0.05, 0) is 117 Å². The molecule has 4 amide bonds. The van der Waals surface area contributed by atoms with Crippen LogP contribution in [-0.2, 0) is 50.2 Å². The Morgan fingerprint density at radius 2 is 0.625 bits per heavy atom. The predicted molar refractivity (Wildman–Crippen MR) is 366 cm³/mol. The first-order valence-corrected chi connectivity index (χ1v) is 32.8. The van der Waals surface area contributed by atoms with Gasteiger partial charge in [-0.2, -0.15) is 0 Å². The van der Waals surface area contributed by atoms with E-state index in [4.69, 9.17) is 37.9 Å². The minimum Gasteiger partial charge on any atom is -0.463 e. The van der Waals surface area contributed by atoms with E-state index in [1.54, 1.807) is 24.3 Å². The lowest BCUT2D eigenvalue weighted by molar-refractivity contribution is -0.144. The van der Waals surface area contributed by atoms with Crippen LogP contribution in [0.2, 0.25) is 0 Å². The maximum atomic E-state index is 15.7. The van der Waals surface area contributed by atoms with Gasteiger partial charge in [-0.15, -0.1) is 0 Å². The molecule has 2 atom stereocenters. The van der Waals surface area contributed by atoms with Crippen molar-refractivity contribution in [2.75, 3.05) is 65.7 Å². The van der Waals surface area contributed by atoms with Gasteiger partial charge in [0.1, 0.15) is 72.3 Å². The van der Waals surface area contributed by atoms with Gasteiger partial charge in [-0.25, -0.2) is 0 Å². The van der Waals surface area contributed by atoms with Crippen molar-refractivity contribution in [3.8, 4) is 46.0 Å². The van der Waals surface area contributed by atoms with Crippen LogP contribution in [0.1, 0.15) is 147 Å².